The number of nitrogens with zero attached hydrogens (tertiary/aromatic N) is 2. The van der Waals surface area contributed by atoms with Crippen LogP contribution in [-0.2, 0) is 9.59 Å². The number of anilines is 1. The Hall–Kier alpha value is -3.22. The summed E-state index contributed by atoms with van der Waals surface area (Å²) in [6.07, 6.45) is 1.65. The molecule has 156 valence electrons. The Kier molecular flexibility index (Phi) is 4.94. The first-order chi connectivity index (χ1) is 14.7. The maximum atomic E-state index is 13.4. The highest BCUT2D eigenvalue weighted by Crippen LogP contribution is 2.36. The molecule has 0 radical (unpaired) electrons. The van der Waals surface area contributed by atoms with Crippen molar-refractivity contribution in [3.8, 4) is 17.2 Å². The van der Waals surface area contributed by atoms with E-state index >= 15 is 0 Å². The number of para-hydroxylation sites is 4. The van der Waals surface area contributed by atoms with Crippen LogP contribution in [0.15, 0.2) is 48.5 Å². The van der Waals surface area contributed by atoms with Gasteiger partial charge in [-0.05, 0) is 43.5 Å². The highest BCUT2D eigenvalue weighted by Gasteiger charge is 2.40. The fourth-order valence-electron chi connectivity index (χ4n) is 4.20. The van der Waals surface area contributed by atoms with E-state index in [2.05, 4.69) is 0 Å². The lowest BCUT2D eigenvalue weighted by atomic mass is 10.1. The van der Waals surface area contributed by atoms with Crippen LogP contribution in [-0.4, -0.2) is 55.2 Å². The van der Waals surface area contributed by atoms with E-state index in [9.17, 15) is 9.59 Å². The predicted molar refractivity (Wildman–Crippen MR) is 110 cm³/mol. The maximum absolute atomic E-state index is 13.4. The standard InChI is InChI=1S/C23H24N2O5/c26-22(24-12-6-1-7-13-24)20-14-25(16-8-2-3-9-17(16)29-20)23(27)21-15-28-18-10-4-5-11-19(18)30-21/h2-5,8-11,20-21H,1,6-7,12-15H2/t20-,21+/m0/s1. The van der Waals surface area contributed by atoms with Crippen molar-refractivity contribution in [1.29, 1.82) is 0 Å². The Morgan fingerprint density at radius 1 is 0.767 bits per heavy atom. The number of rotatable bonds is 2. The number of carbonyl (C=O) groups excluding carboxylic acids is 2. The molecule has 0 aromatic heterocycles. The molecule has 2 aromatic carbocycles. The van der Waals surface area contributed by atoms with Gasteiger partial charge < -0.3 is 24.0 Å². The fourth-order valence-corrected chi connectivity index (χ4v) is 4.20. The van der Waals surface area contributed by atoms with Crippen molar-refractivity contribution in [3.05, 3.63) is 48.5 Å². The summed E-state index contributed by atoms with van der Waals surface area (Å²) in [5.41, 5.74) is 0.646. The number of hydrogen-bond acceptors (Lipinski definition) is 5. The molecule has 5 rings (SSSR count). The second-order valence-corrected chi connectivity index (χ2v) is 7.77. The van der Waals surface area contributed by atoms with Gasteiger partial charge in [0.2, 0.25) is 6.10 Å². The van der Waals surface area contributed by atoms with Gasteiger partial charge in [-0.25, -0.2) is 0 Å². The molecule has 0 saturated carbocycles. The average molecular weight is 408 g/mol. The first-order valence-electron chi connectivity index (χ1n) is 10.4. The zero-order valence-electron chi connectivity index (χ0n) is 16.7. The molecule has 7 heteroatoms. The van der Waals surface area contributed by atoms with Crippen LogP contribution in [0.4, 0.5) is 5.69 Å². The van der Waals surface area contributed by atoms with Crippen LogP contribution in [0.1, 0.15) is 19.3 Å². The number of benzene rings is 2. The maximum Gasteiger partial charge on any atom is 0.271 e. The summed E-state index contributed by atoms with van der Waals surface area (Å²) in [6, 6.07) is 14.6. The Morgan fingerprint density at radius 3 is 2.23 bits per heavy atom. The lowest BCUT2D eigenvalue weighted by molar-refractivity contribution is -0.140. The minimum Gasteiger partial charge on any atom is -0.485 e. The summed E-state index contributed by atoms with van der Waals surface area (Å²) in [4.78, 5) is 29.9. The summed E-state index contributed by atoms with van der Waals surface area (Å²) in [7, 11) is 0. The smallest absolute Gasteiger partial charge is 0.271 e. The molecule has 3 aliphatic rings. The lowest BCUT2D eigenvalue weighted by Gasteiger charge is -2.38. The second kappa shape index (κ2) is 7.89. The molecular formula is C23H24N2O5. The van der Waals surface area contributed by atoms with E-state index in [0.717, 1.165) is 32.4 Å². The van der Waals surface area contributed by atoms with Crippen molar-refractivity contribution in [2.75, 3.05) is 31.1 Å². The summed E-state index contributed by atoms with van der Waals surface area (Å²) in [6.45, 7) is 1.77. The molecule has 1 fully saturated rings. The molecule has 1 saturated heterocycles. The zero-order chi connectivity index (χ0) is 20.5. The number of piperidine rings is 1. The van der Waals surface area contributed by atoms with Crippen molar-refractivity contribution in [2.45, 2.75) is 31.5 Å². The Balaban J connectivity index is 1.39. The number of hydrogen-bond donors (Lipinski definition) is 0. The summed E-state index contributed by atoms with van der Waals surface area (Å²) in [5.74, 6) is 1.40. The second-order valence-electron chi connectivity index (χ2n) is 7.77. The van der Waals surface area contributed by atoms with E-state index in [-0.39, 0.29) is 25.0 Å². The largest absolute Gasteiger partial charge is 0.485 e. The van der Waals surface area contributed by atoms with Gasteiger partial charge in [0.1, 0.15) is 12.4 Å². The molecule has 0 bridgehead atoms. The Bertz CT molecular complexity index is 956. The molecular weight excluding hydrogens is 384 g/mol. The summed E-state index contributed by atoms with van der Waals surface area (Å²) >= 11 is 0. The van der Waals surface area contributed by atoms with Gasteiger partial charge in [-0.3, -0.25) is 9.59 Å². The molecule has 0 N–H and O–H groups in total. The van der Waals surface area contributed by atoms with Gasteiger partial charge in [0, 0.05) is 13.1 Å². The van der Waals surface area contributed by atoms with E-state index < -0.39 is 12.2 Å². The van der Waals surface area contributed by atoms with Crippen LogP contribution >= 0.6 is 0 Å². The highest BCUT2D eigenvalue weighted by molar-refractivity contribution is 6.00. The van der Waals surface area contributed by atoms with E-state index in [1.165, 1.54) is 0 Å². The molecule has 0 unspecified atom stereocenters. The number of carbonyl (C=O) groups is 2. The number of likely N-dealkylation sites (tertiary alicyclic amines) is 1. The van der Waals surface area contributed by atoms with Crippen LogP contribution in [0, 0.1) is 0 Å². The van der Waals surface area contributed by atoms with E-state index in [0.29, 0.717) is 22.9 Å². The first kappa shape index (κ1) is 18.8. The van der Waals surface area contributed by atoms with Gasteiger partial charge in [0.25, 0.3) is 11.8 Å². The van der Waals surface area contributed by atoms with Crippen LogP contribution < -0.4 is 19.1 Å². The van der Waals surface area contributed by atoms with Crippen LogP contribution in [0.2, 0.25) is 0 Å². The monoisotopic (exact) mass is 408 g/mol. The van der Waals surface area contributed by atoms with E-state index in [4.69, 9.17) is 14.2 Å². The molecule has 3 aliphatic heterocycles. The van der Waals surface area contributed by atoms with E-state index in [1.54, 1.807) is 17.0 Å². The molecule has 30 heavy (non-hydrogen) atoms. The minimum atomic E-state index is -0.781. The van der Waals surface area contributed by atoms with Gasteiger partial charge in [-0.1, -0.05) is 24.3 Å². The van der Waals surface area contributed by atoms with Gasteiger partial charge in [0.15, 0.2) is 17.6 Å². The Labute approximate surface area is 175 Å². The van der Waals surface area contributed by atoms with Gasteiger partial charge in [-0.15, -0.1) is 0 Å². The van der Waals surface area contributed by atoms with Gasteiger partial charge >= 0.3 is 0 Å². The first-order valence-corrected chi connectivity index (χ1v) is 10.4. The highest BCUT2D eigenvalue weighted by atomic mass is 16.6. The van der Waals surface area contributed by atoms with Gasteiger partial charge in [0.05, 0.1) is 12.2 Å². The normalized spacial score (nSPS) is 22.7. The van der Waals surface area contributed by atoms with Gasteiger partial charge in [-0.2, -0.15) is 0 Å². The Morgan fingerprint density at radius 2 is 1.43 bits per heavy atom. The van der Waals surface area contributed by atoms with Crippen molar-refractivity contribution in [1.82, 2.24) is 4.90 Å². The molecule has 0 aliphatic carbocycles. The van der Waals surface area contributed by atoms with Crippen molar-refractivity contribution in [2.24, 2.45) is 0 Å². The molecule has 2 aromatic rings. The quantitative estimate of drug-likeness (QED) is 0.764. The third-order valence-electron chi connectivity index (χ3n) is 5.77. The third kappa shape index (κ3) is 3.44. The molecule has 7 nitrogen and oxygen atoms in total. The summed E-state index contributed by atoms with van der Waals surface area (Å²) < 4.78 is 17.7. The fraction of sp³-hybridized carbons (Fsp3) is 0.391. The van der Waals surface area contributed by atoms with Crippen molar-refractivity contribution >= 4 is 17.5 Å². The number of ether oxygens (including phenoxy) is 3. The van der Waals surface area contributed by atoms with Crippen LogP contribution in [0.5, 0.6) is 17.2 Å². The van der Waals surface area contributed by atoms with Crippen molar-refractivity contribution in [3.63, 3.8) is 0 Å². The van der Waals surface area contributed by atoms with Crippen molar-refractivity contribution < 1.29 is 23.8 Å². The van der Waals surface area contributed by atoms with Crippen LogP contribution in [0.3, 0.4) is 0 Å². The predicted octanol–water partition coefficient (Wildman–Crippen LogP) is 2.63. The molecule has 0 spiro atoms. The third-order valence-corrected chi connectivity index (χ3v) is 5.77. The van der Waals surface area contributed by atoms with E-state index in [1.807, 2.05) is 41.3 Å². The topological polar surface area (TPSA) is 68.3 Å². The minimum absolute atomic E-state index is 0.0619. The molecule has 3 heterocycles. The SMILES string of the molecule is O=C([C@@H]1CN(C(=O)[C@H]2COc3ccccc3O2)c2ccccc2O1)N1CCCCC1. The zero-order valence-corrected chi connectivity index (χ0v) is 16.7. The van der Waals surface area contributed by atoms with Crippen LogP contribution in [0.25, 0.3) is 0 Å². The average Bonchev–Trinajstić information content (AvgIpc) is 2.82. The molecule has 2 atom stereocenters. The number of amides is 2. The summed E-state index contributed by atoms with van der Waals surface area (Å²) in [5, 5.41) is 0. The lowest BCUT2D eigenvalue weighted by Crippen LogP contribution is -2.56. The number of fused-ring (bicyclic) bond motifs is 2. The molecule has 2 amide bonds.